The van der Waals surface area contributed by atoms with Crippen LogP contribution in [0.4, 0.5) is 0 Å². The van der Waals surface area contributed by atoms with Crippen molar-refractivity contribution in [2.45, 2.75) is 34.6 Å². The van der Waals surface area contributed by atoms with E-state index in [1.54, 1.807) is 23.5 Å². The van der Waals surface area contributed by atoms with E-state index >= 15 is 0 Å². The molecule has 7 heteroatoms. The lowest BCUT2D eigenvalue weighted by Crippen LogP contribution is -1.97. The summed E-state index contributed by atoms with van der Waals surface area (Å²) in [6.45, 7) is 0. The maximum Gasteiger partial charge on any atom is 0.191 e. The van der Waals surface area contributed by atoms with Crippen molar-refractivity contribution in [3.8, 4) is 0 Å². The van der Waals surface area contributed by atoms with E-state index in [4.69, 9.17) is 11.6 Å². The Kier molecular flexibility index (Phi) is 4.45. The Morgan fingerprint density at radius 1 is 1.25 bits per heavy atom. The highest BCUT2D eigenvalue weighted by atomic mass is 35.5. The minimum absolute atomic E-state index is 0.567. The van der Waals surface area contributed by atoms with Crippen LogP contribution in [0.2, 0.25) is 5.15 Å². The minimum atomic E-state index is 0.567. The summed E-state index contributed by atoms with van der Waals surface area (Å²) in [6, 6.07) is 8.42. The number of thioether (sulfide) groups is 2. The van der Waals surface area contributed by atoms with E-state index in [0.717, 1.165) is 33.2 Å². The van der Waals surface area contributed by atoms with Crippen LogP contribution in [0.5, 0.6) is 0 Å². The van der Waals surface area contributed by atoms with Gasteiger partial charge in [0, 0.05) is 34.6 Å². The first-order valence-corrected chi connectivity index (χ1v) is 10.4. The molecule has 4 rings (SSSR count). The predicted molar refractivity (Wildman–Crippen MR) is 101 cm³/mol. The summed E-state index contributed by atoms with van der Waals surface area (Å²) in [5.41, 5.74) is 1.97. The normalized spacial score (nSPS) is 14.5. The molecule has 0 N–H and O–H groups in total. The van der Waals surface area contributed by atoms with Crippen molar-refractivity contribution < 1.29 is 0 Å². The molecule has 0 spiro atoms. The molecule has 4 nitrogen and oxygen atoms in total. The third-order valence-electron chi connectivity index (χ3n) is 4.22. The Morgan fingerprint density at radius 2 is 2.08 bits per heavy atom. The average Bonchev–Trinajstić information content (AvgIpc) is 3.36. The molecule has 1 saturated carbocycles. The lowest BCUT2D eigenvalue weighted by molar-refractivity contribution is 0.736. The summed E-state index contributed by atoms with van der Waals surface area (Å²) in [7, 11) is 2.04. The van der Waals surface area contributed by atoms with E-state index in [0.29, 0.717) is 11.1 Å². The van der Waals surface area contributed by atoms with Gasteiger partial charge in [0.25, 0.3) is 0 Å². The summed E-state index contributed by atoms with van der Waals surface area (Å²) >= 11 is 9.76. The molecule has 1 aromatic carbocycles. The predicted octanol–water partition coefficient (Wildman–Crippen LogP) is 4.91. The number of rotatable bonds is 5. The van der Waals surface area contributed by atoms with E-state index in [-0.39, 0.29) is 0 Å². The average molecular weight is 377 g/mol. The SMILES string of the molecule is CSc1ccc2cc(CSc3nnc(C4CC4)n3C)c(Cl)nc2c1. The molecule has 3 aromatic rings. The highest BCUT2D eigenvalue weighted by Crippen LogP contribution is 2.40. The van der Waals surface area contributed by atoms with Gasteiger partial charge in [0.2, 0.25) is 0 Å². The molecule has 0 atom stereocenters. The van der Waals surface area contributed by atoms with Gasteiger partial charge in [0.1, 0.15) is 11.0 Å². The van der Waals surface area contributed by atoms with Crippen molar-refractivity contribution in [2.75, 3.05) is 6.26 Å². The summed E-state index contributed by atoms with van der Waals surface area (Å²) in [5, 5.41) is 11.3. The molecule has 0 radical (unpaired) electrons. The second kappa shape index (κ2) is 6.58. The zero-order chi connectivity index (χ0) is 16.7. The van der Waals surface area contributed by atoms with Gasteiger partial charge < -0.3 is 4.57 Å². The Labute approximate surface area is 154 Å². The molecule has 2 aromatic heterocycles. The van der Waals surface area contributed by atoms with Gasteiger partial charge in [-0.3, -0.25) is 0 Å². The second-order valence-electron chi connectivity index (χ2n) is 5.96. The van der Waals surface area contributed by atoms with E-state index in [1.807, 2.05) is 7.05 Å². The molecule has 0 saturated heterocycles. The molecule has 0 unspecified atom stereocenters. The number of hydrogen-bond donors (Lipinski definition) is 0. The molecule has 124 valence electrons. The molecule has 2 heterocycles. The third kappa shape index (κ3) is 3.15. The van der Waals surface area contributed by atoms with Crippen LogP contribution in [0, 0.1) is 0 Å². The van der Waals surface area contributed by atoms with Crippen LogP contribution in [0.1, 0.15) is 30.1 Å². The number of nitrogens with zero attached hydrogens (tertiary/aromatic N) is 4. The number of hydrogen-bond acceptors (Lipinski definition) is 5. The lowest BCUT2D eigenvalue weighted by atomic mass is 10.2. The summed E-state index contributed by atoms with van der Waals surface area (Å²) in [6.07, 6.45) is 4.52. The monoisotopic (exact) mass is 376 g/mol. The summed E-state index contributed by atoms with van der Waals surface area (Å²) < 4.78 is 2.11. The maximum atomic E-state index is 6.40. The fourth-order valence-electron chi connectivity index (χ4n) is 2.69. The van der Waals surface area contributed by atoms with Crippen molar-refractivity contribution in [1.29, 1.82) is 0 Å². The highest BCUT2D eigenvalue weighted by molar-refractivity contribution is 7.98. The van der Waals surface area contributed by atoms with Gasteiger partial charge in [-0.15, -0.1) is 22.0 Å². The van der Waals surface area contributed by atoms with Gasteiger partial charge in [0.05, 0.1) is 5.52 Å². The van der Waals surface area contributed by atoms with Crippen LogP contribution in [0.3, 0.4) is 0 Å². The largest absolute Gasteiger partial charge is 0.309 e. The highest BCUT2D eigenvalue weighted by Gasteiger charge is 2.29. The molecule has 1 aliphatic rings. The number of fused-ring (bicyclic) bond motifs is 1. The first-order chi connectivity index (χ1) is 11.7. The van der Waals surface area contributed by atoms with Crippen LogP contribution in [0.25, 0.3) is 10.9 Å². The molecule has 0 bridgehead atoms. The van der Waals surface area contributed by atoms with Gasteiger partial charge in [-0.05, 0) is 37.3 Å². The van der Waals surface area contributed by atoms with Crippen LogP contribution < -0.4 is 0 Å². The first kappa shape index (κ1) is 16.2. The summed E-state index contributed by atoms with van der Waals surface area (Å²) in [4.78, 5) is 5.75. The standard InChI is InChI=1S/C17H17ClN4S2/c1-22-16(10-3-4-10)20-21-17(22)24-9-12-7-11-5-6-13(23-2)8-14(11)19-15(12)18/h5-8,10H,3-4,9H2,1-2H3. The Morgan fingerprint density at radius 3 is 2.83 bits per heavy atom. The number of aromatic nitrogens is 4. The fraction of sp³-hybridized carbons (Fsp3) is 0.353. The molecule has 0 aliphatic heterocycles. The smallest absolute Gasteiger partial charge is 0.191 e. The molecule has 1 fully saturated rings. The van der Waals surface area contributed by atoms with Gasteiger partial charge in [0.15, 0.2) is 5.16 Å². The van der Waals surface area contributed by atoms with E-state index in [1.165, 1.54) is 17.7 Å². The molecule has 1 aliphatic carbocycles. The lowest BCUT2D eigenvalue weighted by Gasteiger charge is -2.07. The van der Waals surface area contributed by atoms with Crippen molar-refractivity contribution in [1.82, 2.24) is 19.7 Å². The van der Waals surface area contributed by atoms with Crippen molar-refractivity contribution >= 4 is 46.0 Å². The van der Waals surface area contributed by atoms with E-state index in [2.05, 4.69) is 50.3 Å². The van der Waals surface area contributed by atoms with Crippen molar-refractivity contribution in [3.05, 3.63) is 40.8 Å². The van der Waals surface area contributed by atoms with Crippen molar-refractivity contribution in [3.63, 3.8) is 0 Å². The number of pyridine rings is 1. The van der Waals surface area contributed by atoms with Gasteiger partial charge >= 0.3 is 0 Å². The van der Waals surface area contributed by atoms with Crippen LogP contribution in [0.15, 0.2) is 34.3 Å². The van der Waals surface area contributed by atoms with Gasteiger partial charge in [-0.25, -0.2) is 4.98 Å². The maximum absolute atomic E-state index is 6.40. The van der Waals surface area contributed by atoms with Crippen molar-refractivity contribution in [2.24, 2.45) is 7.05 Å². The van der Waals surface area contributed by atoms with Crippen LogP contribution >= 0.6 is 35.1 Å². The fourth-order valence-corrected chi connectivity index (χ4v) is 4.30. The Bertz CT molecular complexity index is 905. The molecule has 24 heavy (non-hydrogen) atoms. The van der Waals surface area contributed by atoms with E-state index in [9.17, 15) is 0 Å². The Balaban J connectivity index is 1.56. The minimum Gasteiger partial charge on any atom is -0.309 e. The first-order valence-electron chi connectivity index (χ1n) is 7.81. The second-order valence-corrected chi connectivity index (χ2v) is 8.14. The molecular weight excluding hydrogens is 360 g/mol. The van der Waals surface area contributed by atoms with Gasteiger partial charge in [-0.2, -0.15) is 0 Å². The quantitative estimate of drug-likeness (QED) is 0.467. The van der Waals surface area contributed by atoms with Crippen LogP contribution in [-0.4, -0.2) is 26.0 Å². The van der Waals surface area contributed by atoms with E-state index < -0.39 is 0 Å². The zero-order valence-corrected chi connectivity index (χ0v) is 15.9. The number of benzene rings is 1. The summed E-state index contributed by atoms with van der Waals surface area (Å²) in [5.74, 6) is 2.45. The third-order valence-corrected chi connectivity index (χ3v) is 6.34. The molecular formula is C17H17ClN4S2. The zero-order valence-electron chi connectivity index (χ0n) is 13.5. The number of halogens is 1. The topological polar surface area (TPSA) is 43.6 Å². The molecule has 0 amide bonds. The Hall–Kier alpha value is -1.24. The van der Waals surface area contributed by atoms with Gasteiger partial charge in [-0.1, -0.05) is 29.4 Å². The van der Waals surface area contributed by atoms with Crippen LogP contribution in [-0.2, 0) is 12.8 Å².